The average Bonchev–Trinajstić information content (AvgIpc) is 2.88. The lowest BCUT2D eigenvalue weighted by molar-refractivity contribution is -0.248. The van der Waals surface area contributed by atoms with Gasteiger partial charge in [0, 0.05) is 13.7 Å². The Kier molecular flexibility index (Phi) is 16.9. The van der Waals surface area contributed by atoms with Crippen LogP contribution in [0, 0.1) is 0 Å². The first kappa shape index (κ1) is 47.1. The molecule has 11 nitrogen and oxygen atoms in total. The first-order chi connectivity index (χ1) is 22.3. The van der Waals surface area contributed by atoms with Crippen molar-refractivity contribution >= 4 is 58.4 Å². The summed E-state index contributed by atoms with van der Waals surface area (Å²) in [6, 6.07) is 5.94. The van der Waals surface area contributed by atoms with Gasteiger partial charge < -0.3 is 35.2 Å². The highest BCUT2D eigenvalue weighted by Crippen LogP contribution is 2.38. The minimum absolute atomic E-state index is 0.358. The van der Waals surface area contributed by atoms with Crippen LogP contribution in [0.5, 0.6) is 0 Å². The molecule has 0 aromatic heterocycles. The molecule has 3 atom stereocenters. The van der Waals surface area contributed by atoms with Gasteiger partial charge in [0.15, 0.2) is 26.8 Å². The number of hydrogen-bond donors (Lipinski definition) is 0. The van der Waals surface area contributed by atoms with E-state index in [-0.39, 0.29) is 0 Å². The lowest BCUT2D eigenvalue weighted by Gasteiger charge is -2.44. The molecule has 292 valence electrons. The van der Waals surface area contributed by atoms with Gasteiger partial charge in [0.1, 0.15) is 0 Å². The number of hydrogen-bond acceptors (Lipinski definition) is 11. The Bertz CT molecular complexity index is 1340. The molecule has 1 aromatic carbocycles. The molecule has 0 aliphatic carbocycles. The molecule has 3 unspecified atom stereocenters. The van der Waals surface area contributed by atoms with Crippen LogP contribution >= 0.6 is 0 Å². The van der Waals surface area contributed by atoms with Crippen molar-refractivity contribution in [3.63, 3.8) is 0 Å². The minimum Gasteiger partial charge on any atom is -0.743 e. The Morgan fingerprint density at radius 2 is 1.28 bits per heavy atom. The number of methoxy groups -OCH3 is 1. The fourth-order valence-electron chi connectivity index (χ4n) is 5.18. The predicted molar refractivity (Wildman–Crippen MR) is 189 cm³/mol. The lowest BCUT2D eigenvalue weighted by Crippen LogP contribution is -2.60. The summed E-state index contributed by atoms with van der Waals surface area (Å²) in [7, 11) is -18.0. The maximum atomic E-state index is 13.8. The van der Waals surface area contributed by atoms with E-state index in [1.54, 1.807) is 7.11 Å². The van der Waals surface area contributed by atoms with Crippen LogP contribution in [0.3, 0.4) is 0 Å². The Balaban J connectivity index is 3.28. The summed E-state index contributed by atoms with van der Waals surface area (Å²) < 4.78 is 142. The SMILES string of the molecule is COCCOCCC[Si](C)(O[Si](C)(C)O[Si](C)(C)C)O[Si](C)(CCc1ccc(C(=O)OC(C(F)(F)F)C(F)(F)S(=O)(=O)[O-])cc1)O[Si](C)(C)C. The maximum Gasteiger partial charge on any atom is 0.432 e. The van der Waals surface area contributed by atoms with E-state index in [4.69, 9.17) is 25.9 Å². The zero-order valence-corrected chi connectivity index (χ0v) is 36.4. The standard InChI is InChI=1S/C28H53F5O11SSi5/c1-38-19-20-39-18-12-21-49(10,43-48(8,9)41-46(2,3)4)44-50(11,42-47(5,6)7)22-17-23-13-15-24(16-14-23)25(34)40-26(27(29,30)31)28(32,33)45(35,36)37/h13-16,26H,12,17-22H2,1-11H3,(H,35,36,37)/p-1. The highest BCUT2D eigenvalue weighted by Gasteiger charge is 2.63. The van der Waals surface area contributed by atoms with Crippen LogP contribution in [0.4, 0.5) is 22.0 Å². The number of rotatable bonds is 22. The summed E-state index contributed by atoms with van der Waals surface area (Å²) in [6.45, 7) is 21.7. The van der Waals surface area contributed by atoms with E-state index in [2.05, 4.69) is 24.4 Å². The second-order valence-corrected chi connectivity index (χ2v) is 36.1. The van der Waals surface area contributed by atoms with Gasteiger partial charge in [0.2, 0.25) is 0 Å². The smallest absolute Gasteiger partial charge is 0.432 e. The van der Waals surface area contributed by atoms with E-state index >= 15 is 0 Å². The van der Waals surface area contributed by atoms with Gasteiger partial charge in [-0.3, -0.25) is 0 Å². The zero-order chi connectivity index (χ0) is 39.0. The number of ether oxygens (including phenoxy) is 3. The second kappa shape index (κ2) is 17.9. The summed E-state index contributed by atoms with van der Waals surface area (Å²) in [5.74, 6) is -1.88. The molecule has 0 aliphatic rings. The number of alkyl halides is 5. The summed E-state index contributed by atoms with van der Waals surface area (Å²) in [6.07, 6.45) is -9.51. The van der Waals surface area contributed by atoms with Crippen molar-refractivity contribution in [2.45, 2.75) is 108 Å². The Hall–Kier alpha value is -0.906. The molecule has 0 fully saturated rings. The largest absolute Gasteiger partial charge is 0.743 e. The van der Waals surface area contributed by atoms with Crippen LogP contribution in [0.2, 0.25) is 77.6 Å². The Morgan fingerprint density at radius 3 is 1.74 bits per heavy atom. The molecular weight excluding hydrogens is 780 g/mol. The molecule has 0 bridgehead atoms. The normalized spacial score (nSPS) is 16.8. The number of carbonyl (C=O) groups is 1. The van der Waals surface area contributed by atoms with E-state index in [9.17, 15) is 39.7 Å². The molecule has 0 aliphatic heterocycles. The van der Waals surface area contributed by atoms with Crippen molar-refractivity contribution in [1.29, 1.82) is 0 Å². The number of halogens is 5. The van der Waals surface area contributed by atoms with Crippen LogP contribution in [-0.2, 0) is 47.2 Å². The molecule has 0 saturated heterocycles. The number of aryl methyl sites for hydroxylation is 1. The molecule has 0 radical (unpaired) electrons. The monoisotopic (exact) mass is 831 g/mol. The molecule has 1 rings (SSSR count). The number of carbonyl (C=O) groups excluding carboxylic acids is 1. The second-order valence-electron chi connectivity index (χ2n) is 14.5. The van der Waals surface area contributed by atoms with Gasteiger partial charge in [-0.05, 0) is 108 Å². The van der Waals surface area contributed by atoms with Crippen molar-refractivity contribution in [3.8, 4) is 0 Å². The van der Waals surface area contributed by atoms with Crippen LogP contribution in [0.1, 0.15) is 22.3 Å². The van der Waals surface area contributed by atoms with Crippen LogP contribution < -0.4 is 0 Å². The summed E-state index contributed by atoms with van der Waals surface area (Å²) in [5, 5.41) is -5.94. The quantitative estimate of drug-likeness (QED) is 0.0389. The van der Waals surface area contributed by atoms with Gasteiger partial charge in [0.25, 0.3) is 6.10 Å². The first-order valence-corrected chi connectivity index (χ1v) is 32.0. The molecule has 50 heavy (non-hydrogen) atoms. The topological polar surface area (TPSA) is 139 Å². The van der Waals surface area contributed by atoms with E-state index in [0.29, 0.717) is 50.3 Å². The zero-order valence-electron chi connectivity index (χ0n) is 30.6. The van der Waals surface area contributed by atoms with Gasteiger partial charge in [-0.15, -0.1) is 0 Å². The minimum atomic E-state index is -6.81. The molecule has 0 amide bonds. The van der Waals surface area contributed by atoms with Crippen molar-refractivity contribution < 1.29 is 70.4 Å². The summed E-state index contributed by atoms with van der Waals surface area (Å²) >= 11 is 0. The third kappa shape index (κ3) is 16.8. The van der Waals surface area contributed by atoms with Crippen LogP contribution in [-0.4, -0.2) is 106 Å². The van der Waals surface area contributed by atoms with Crippen molar-refractivity contribution in [2.24, 2.45) is 0 Å². The van der Waals surface area contributed by atoms with Crippen molar-refractivity contribution in [3.05, 3.63) is 35.4 Å². The van der Waals surface area contributed by atoms with Gasteiger partial charge in [-0.1, -0.05) is 12.1 Å². The third-order valence-electron chi connectivity index (χ3n) is 6.54. The average molecular weight is 832 g/mol. The van der Waals surface area contributed by atoms with E-state index < -0.39 is 81.5 Å². The van der Waals surface area contributed by atoms with E-state index in [1.165, 1.54) is 12.1 Å². The van der Waals surface area contributed by atoms with Crippen molar-refractivity contribution in [1.82, 2.24) is 0 Å². The Morgan fingerprint density at radius 1 is 0.760 bits per heavy atom. The molecule has 0 N–H and O–H groups in total. The fraction of sp³-hybridized carbons (Fsp3) is 0.750. The summed E-state index contributed by atoms with van der Waals surface area (Å²) in [4.78, 5) is 12.4. The van der Waals surface area contributed by atoms with Crippen molar-refractivity contribution in [2.75, 3.05) is 26.9 Å². The van der Waals surface area contributed by atoms with E-state index in [1.807, 2.05) is 45.8 Å². The van der Waals surface area contributed by atoms with Gasteiger partial charge in [-0.2, -0.15) is 22.0 Å². The fourth-order valence-corrected chi connectivity index (χ4v) is 29.3. The third-order valence-corrected chi connectivity index (χ3v) is 25.6. The molecule has 0 saturated carbocycles. The predicted octanol–water partition coefficient (Wildman–Crippen LogP) is 7.09. The summed E-state index contributed by atoms with van der Waals surface area (Å²) in [5.41, 5.74) is 0.0582. The number of esters is 1. The van der Waals surface area contributed by atoms with Gasteiger partial charge in [-0.25, -0.2) is 13.2 Å². The molecular formula is C28H52F5O11SSi5-. The highest BCUT2D eigenvalue weighted by molar-refractivity contribution is 7.86. The first-order valence-electron chi connectivity index (χ1n) is 15.9. The van der Waals surface area contributed by atoms with Gasteiger partial charge in [0.05, 0.1) is 18.8 Å². The van der Waals surface area contributed by atoms with E-state index in [0.717, 1.165) is 12.1 Å². The molecule has 0 spiro atoms. The Labute approximate surface area is 298 Å². The maximum absolute atomic E-state index is 13.8. The van der Waals surface area contributed by atoms with Gasteiger partial charge >= 0.3 is 43.1 Å². The lowest BCUT2D eigenvalue weighted by atomic mass is 10.1. The highest BCUT2D eigenvalue weighted by atomic mass is 32.2. The molecule has 0 heterocycles. The molecule has 22 heteroatoms. The molecule has 1 aromatic rings. The van der Waals surface area contributed by atoms with Crippen LogP contribution in [0.15, 0.2) is 24.3 Å². The van der Waals surface area contributed by atoms with Crippen LogP contribution in [0.25, 0.3) is 0 Å². The number of benzene rings is 1.